The number of benzene rings is 2. The summed E-state index contributed by atoms with van der Waals surface area (Å²) in [5, 5.41) is 1.51. The molecule has 0 unspecified atom stereocenters. The van der Waals surface area contributed by atoms with Crippen LogP contribution in [0, 0.1) is 0 Å². The average Bonchev–Trinajstić information content (AvgIpc) is 3.31. The molecule has 0 radical (unpaired) electrons. The largest absolute Gasteiger partial charge is 0.440 e. The zero-order chi connectivity index (χ0) is 23.1. The number of para-hydroxylation sites is 1. The van der Waals surface area contributed by atoms with Gasteiger partial charge < -0.3 is 9.32 Å². The zero-order valence-corrected chi connectivity index (χ0v) is 19.1. The van der Waals surface area contributed by atoms with Crippen molar-refractivity contribution in [3.05, 3.63) is 89.5 Å². The van der Waals surface area contributed by atoms with Crippen molar-refractivity contribution in [2.75, 3.05) is 13.1 Å². The molecule has 168 valence electrons. The van der Waals surface area contributed by atoms with Gasteiger partial charge in [-0.15, -0.1) is 0 Å². The number of oxazole rings is 1. The Kier molecular flexibility index (Phi) is 5.23. The second-order valence-electron chi connectivity index (χ2n) is 8.54. The lowest BCUT2D eigenvalue weighted by Crippen LogP contribution is -2.38. The van der Waals surface area contributed by atoms with Crippen LogP contribution in [0.4, 0.5) is 0 Å². The lowest BCUT2D eigenvalue weighted by Gasteiger charge is -2.31. The highest BCUT2D eigenvalue weighted by Gasteiger charge is 2.28. The van der Waals surface area contributed by atoms with E-state index in [1.165, 1.54) is 0 Å². The van der Waals surface area contributed by atoms with Crippen LogP contribution in [0.3, 0.4) is 0 Å². The SMILES string of the molecule is O=C(c1cc(-c2ccncc2)nc2ccccc12)N1CCC(c2nc3cc(Cl)ccc3o2)CC1. The molecule has 1 amide bonds. The number of carbonyl (C=O) groups excluding carboxylic acids is 1. The Morgan fingerprint density at radius 2 is 1.74 bits per heavy atom. The van der Waals surface area contributed by atoms with Crippen molar-refractivity contribution in [2.45, 2.75) is 18.8 Å². The number of amides is 1. The molecule has 34 heavy (non-hydrogen) atoms. The molecule has 1 aliphatic rings. The van der Waals surface area contributed by atoms with Crippen LogP contribution in [0.2, 0.25) is 5.02 Å². The average molecular weight is 469 g/mol. The summed E-state index contributed by atoms with van der Waals surface area (Å²) in [6.45, 7) is 1.29. The third-order valence-corrected chi connectivity index (χ3v) is 6.66. The van der Waals surface area contributed by atoms with Crippen LogP contribution in [-0.4, -0.2) is 38.8 Å². The molecule has 0 bridgehead atoms. The topological polar surface area (TPSA) is 72.1 Å². The lowest BCUT2D eigenvalue weighted by molar-refractivity contribution is 0.0708. The fourth-order valence-corrected chi connectivity index (χ4v) is 4.78. The molecular weight excluding hydrogens is 448 g/mol. The monoisotopic (exact) mass is 468 g/mol. The quantitative estimate of drug-likeness (QED) is 0.319. The van der Waals surface area contributed by atoms with Crippen molar-refractivity contribution in [3.63, 3.8) is 0 Å². The molecule has 1 fully saturated rings. The van der Waals surface area contributed by atoms with Crippen molar-refractivity contribution in [1.82, 2.24) is 19.9 Å². The van der Waals surface area contributed by atoms with Gasteiger partial charge in [0.1, 0.15) is 5.52 Å². The van der Waals surface area contributed by atoms with Crippen LogP contribution >= 0.6 is 11.6 Å². The molecule has 5 aromatic rings. The van der Waals surface area contributed by atoms with E-state index in [1.54, 1.807) is 18.5 Å². The number of rotatable bonds is 3. The van der Waals surface area contributed by atoms with Gasteiger partial charge in [0.05, 0.1) is 16.8 Å². The Hall–Kier alpha value is -3.77. The van der Waals surface area contributed by atoms with Gasteiger partial charge in [-0.1, -0.05) is 29.8 Å². The number of piperidine rings is 1. The van der Waals surface area contributed by atoms with Gasteiger partial charge in [0.2, 0.25) is 0 Å². The summed E-state index contributed by atoms with van der Waals surface area (Å²) in [5.74, 6) is 0.923. The second-order valence-corrected chi connectivity index (χ2v) is 8.98. The third kappa shape index (κ3) is 3.80. The summed E-state index contributed by atoms with van der Waals surface area (Å²) >= 11 is 6.08. The second kappa shape index (κ2) is 8.54. The van der Waals surface area contributed by atoms with Crippen molar-refractivity contribution in [2.24, 2.45) is 0 Å². The maximum Gasteiger partial charge on any atom is 0.254 e. The number of hydrogen-bond donors (Lipinski definition) is 0. The van der Waals surface area contributed by atoms with Gasteiger partial charge in [0.25, 0.3) is 5.91 Å². The van der Waals surface area contributed by atoms with Crippen LogP contribution in [0.5, 0.6) is 0 Å². The fourth-order valence-electron chi connectivity index (χ4n) is 4.62. The van der Waals surface area contributed by atoms with Crippen LogP contribution < -0.4 is 0 Å². The van der Waals surface area contributed by atoms with Gasteiger partial charge in [-0.3, -0.25) is 9.78 Å². The molecule has 7 heteroatoms. The minimum absolute atomic E-state index is 0.0247. The molecule has 1 saturated heterocycles. The Morgan fingerprint density at radius 3 is 2.56 bits per heavy atom. The Morgan fingerprint density at radius 1 is 0.941 bits per heavy atom. The number of carbonyl (C=O) groups is 1. The van der Waals surface area contributed by atoms with Gasteiger partial charge in [0, 0.05) is 47.4 Å². The van der Waals surface area contributed by atoms with Crippen molar-refractivity contribution >= 4 is 39.5 Å². The van der Waals surface area contributed by atoms with Crippen LogP contribution in [0.1, 0.15) is 35.0 Å². The Bertz CT molecular complexity index is 1510. The van der Waals surface area contributed by atoms with Crippen LogP contribution in [0.25, 0.3) is 33.3 Å². The maximum absolute atomic E-state index is 13.7. The first-order valence-electron chi connectivity index (χ1n) is 11.3. The van der Waals surface area contributed by atoms with Gasteiger partial charge >= 0.3 is 0 Å². The van der Waals surface area contributed by atoms with Crippen molar-refractivity contribution in [1.29, 1.82) is 0 Å². The lowest BCUT2D eigenvalue weighted by atomic mass is 9.95. The van der Waals surface area contributed by atoms with Gasteiger partial charge in [-0.05, 0) is 55.3 Å². The highest BCUT2D eigenvalue weighted by atomic mass is 35.5. The molecule has 1 aliphatic heterocycles. The number of likely N-dealkylation sites (tertiary alicyclic amines) is 1. The molecule has 0 spiro atoms. The maximum atomic E-state index is 13.7. The first kappa shape index (κ1) is 20.8. The van der Waals surface area contributed by atoms with Crippen molar-refractivity contribution < 1.29 is 9.21 Å². The van der Waals surface area contributed by atoms with E-state index in [4.69, 9.17) is 21.0 Å². The molecule has 2 aromatic carbocycles. The standard InChI is InChI=1S/C27H21ClN4O2/c28-19-5-6-25-24(15-19)31-26(34-25)18-9-13-32(14-10-18)27(33)21-16-23(17-7-11-29-12-8-17)30-22-4-2-1-3-20(21)22/h1-8,11-12,15-16,18H,9-10,13-14H2. The number of pyridine rings is 2. The first-order valence-corrected chi connectivity index (χ1v) is 11.7. The number of aromatic nitrogens is 3. The van der Waals surface area contributed by atoms with Crippen LogP contribution in [-0.2, 0) is 0 Å². The fraction of sp³-hybridized carbons (Fsp3) is 0.185. The summed E-state index contributed by atoms with van der Waals surface area (Å²) in [6, 6.07) is 19.0. The molecule has 0 saturated carbocycles. The van der Waals surface area contributed by atoms with E-state index in [2.05, 4.69) is 9.97 Å². The molecule has 0 N–H and O–H groups in total. The number of halogens is 1. The van der Waals surface area contributed by atoms with Gasteiger partial charge in [-0.25, -0.2) is 9.97 Å². The molecule has 0 atom stereocenters. The normalized spacial score (nSPS) is 14.7. The van der Waals surface area contributed by atoms with E-state index in [0.717, 1.165) is 52.0 Å². The molecular formula is C27H21ClN4O2. The summed E-state index contributed by atoms with van der Waals surface area (Å²) < 4.78 is 5.98. The number of hydrogen-bond acceptors (Lipinski definition) is 5. The predicted octanol–water partition coefficient (Wildman–Crippen LogP) is 6.11. The van der Waals surface area contributed by atoms with Gasteiger partial charge in [0.15, 0.2) is 11.5 Å². The molecule has 4 heterocycles. The van der Waals surface area contributed by atoms with E-state index >= 15 is 0 Å². The Labute approximate surface area is 201 Å². The minimum atomic E-state index is 0.0247. The number of fused-ring (bicyclic) bond motifs is 2. The zero-order valence-electron chi connectivity index (χ0n) is 18.3. The Balaban J connectivity index is 1.27. The van der Waals surface area contributed by atoms with E-state index in [-0.39, 0.29) is 11.8 Å². The smallest absolute Gasteiger partial charge is 0.254 e. The molecule has 6 rings (SSSR count). The van der Waals surface area contributed by atoms with E-state index in [9.17, 15) is 4.79 Å². The van der Waals surface area contributed by atoms with E-state index in [0.29, 0.717) is 23.7 Å². The van der Waals surface area contributed by atoms with Crippen molar-refractivity contribution in [3.8, 4) is 11.3 Å². The predicted molar refractivity (Wildman–Crippen MR) is 132 cm³/mol. The number of nitrogens with zero attached hydrogens (tertiary/aromatic N) is 4. The summed E-state index contributed by atoms with van der Waals surface area (Å²) in [4.78, 5) is 29.1. The third-order valence-electron chi connectivity index (χ3n) is 6.42. The summed E-state index contributed by atoms with van der Waals surface area (Å²) in [5.41, 5.74) is 4.69. The minimum Gasteiger partial charge on any atom is -0.440 e. The molecule has 0 aliphatic carbocycles. The highest BCUT2D eigenvalue weighted by Crippen LogP contribution is 2.32. The summed E-state index contributed by atoms with van der Waals surface area (Å²) in [6.07, 6.45) is 5.07. The first-order chi connectivity index (χ1) is 16.7. The summed E-state index contributed by atoms with van der Waals surface area (Å²) in [7, 11) is 0. The van der Waals surface area contributed by atoms with E-state index in [1.807, 2.05) is 59.5 Å². The highest BCUT2D eigenvalue weighted by molar-refractivity contribution is 6.31. The van der Waals surface area contributed by atoms with Crippen LogP contribution in [0.15, 0.2) is 77.5 Å². The molecule has 6 nitrogen and oxygen atoms in total. The van der Waals surface area contributed by atoms with Gasteiger partial charge in [-0.2, -0.15) is 0 Å². The molecule has 3 aromatic heterocycles. The van der Waals surface area contributed by atoms with E-state index < -0.39 is 0 Å².